The summed E-state index contributed by atoms with van der Waals surface area (Å²) in [4.78, 5) is 12.5. The molecule has 0 aromatic heterocycles. The molecule has 0 amide bonds. The molecule has 1 N–H and O–H groups in total. The van der Waals surface area contributed by atoms with Gasteiger partial charge in [-0.3, -0.25) is 0 Å². The summed E-state index contributed by atoms with van der Waals surface area (Å²) in [5.41, 5.74) is 1.34. The van der Waals surface area contributed by atoms with Gasteiger partial charge in [-0.1, -0.05) is 48.5 Å². The highest BCUT2D eigenvalue weighted by Crippen LogP contribution is 2.35. The number of para-hydroxylation sites is 1. The summed E-state index contributed by atoms with van der Waals surface area (Å²) in [6, 6.07) is 17.6. The van der Waals surface area contributed by atoms with Crippen LogP contribution in [-0.2, 0) is 15.1 Å². The second kappa shape index (κ2) is 7.99. The minimum atomic E-state index is -0.561. The predicted molar refractivity (Wildman–Crippen MR) is 98.3 cm³/mol. The molecular weight excluding hydrogens is 314 g/mol. The maximum atomic E-state index is 12.5. The molecule has 2 aromatic rings. The van der Waals surface area contributed by atoms with Gasteiger partial charge >= 0.3 is 5.97 Å². The number of hydrogen-bond acceptors (Lipinski definition) is 4. The fourth-order valence-electron chi connectivity index (χ4n) is 3.21. The molecule has 1 saturated heterocycles. The zero-order valence-electron chi connectivity index (χ0n) is 14.4. The van der Waals surface area contributed by atoms with Crippen LogP contribution < -0.4 is 10.1 Å². The molecule has 0 spiro atoms. The summed E-state index contributed by atoms with van der Waals surface area (Å²) in [7, 11) is 1.62. The van der Waals surface area contributed by atoms with E-state index < -0.39 is 5.60 Å². The first kappa shape index (κ1) is 17.2. The van der Waals surface area contributed by atoms with Crippen molar-refractivity contribution in [1.29, 1.82) is 0 Å². The van der Waals surface area contributed by atoms with Crippen molar-refractivity contribution in [2.24, 2.45) is 0 Å². The molecule has 0 saturated carbocycles. The van der Waals surface area contributed by atoms with E-state index in [9.17, 15) is 4.79 Å². The maximum Gasteiger partial charge on any atom is 0.331 e. The van der Waals surface area contributed by atoms with Gasteiger partial charge < -0.3 is 14.8 Å². The van der Waals surface area contributed by atoms with Gasteiger partial charge in [0.2, 0.25) is 0 Å². The Morgan fingerprint density at radius 2 is 1.72 bits per heavy atom. The van der Waals surface area contributed by atoms with Crippen LogP contribution in [0.1, 0.15) is 24.0 Å². The van der Waals surface area contributed by atoms with Crippen LogP contribution in [-0.4, -0.2) is 26.2 Å². The molecule has 25 heavy (non-hydrogen) atoms. The largest absolute Gasteiger partial charge is 0.496 e. The van der Waals surface area contributed by atoms with Crippen molar-refractivity contribution in [2.75, 3.05) is 20.2 Å². The molecule has 0 unspecified atom stereocenters. The molecule has 0 atom stereocenters. The predicted octanol–water partition coefficient (Wildman–Crippen LogP) is 3.53. The summed E-state index contributed by atoms with van der Waals surface area (Å²) >= 11 is 0. The van der Waals surface area contributed by atoms with Crippen LogP contribution in [0.3, 0.4) is 0 Å². The smallest absolute Gasteiger partial charge is 0.331 e. The first-order valence-corrected chi connectivity index (χ1v) is 8.54. The second-order valence-corrected chi connectivity index (χ2v) is 6.11. The normalized spacial score (nSPS) is 16.5. The van der Waals surface area contributed by atoms with Crippen molar-refractivity contribution in [3.05, 3.63) is 71.8 Å². The zero-order chi connectivity index (χ0) is 17.5. The number of carbonyl (C=O) groups excluding carboxylic acids is 1. The Bertz CT molecular complexity index is 734. The molecule has 3 rings (SSSR count). The summed E-state index contributed by atoms with van der Waals surface area (Å²) in [6.07, 6.45) is 4.75. The Kier molecular flexibility index (Phi) is 5.51. The second-order valence-electron chi connectivity index (χ2n) is 6.11. The summed E-state index contributed by atoms with van der Waals surface area (Å²) < 4.78 is 11.3. The monoisotopic (exact) mass is 337 g/mol. The molecule has 0 radical (unpaired) electrons. The SMILES string of the molecule is COc1ccccc1/C=C\C(=O)OC1(c2ccccc2)CCNCC1. The lowest BCUT2D eigenvalue weighted by atomic mass is 9.85. The highest BCUT2D eigenvalue weighted by atomic mass is 16.6. The van der Waals surface area contributed by atoms with Crippen LogP contribution in [0.5, 0.6) is 5.75 Å². The third-order valence-corrected chi connectivity index (χ3v) is 4.54. The molecule has 1 aliphatic rings. The number of rotatable bonds is 5. The van der Waals surface area contributed by atoms with Crippen LogP contribution in [0.25, 0.3) is 6.08 Å². The molecule has 4 heteroatoms. The van der Waals surface area contributed by atoms with Crippen molar-refractivity contribution >= 4 is 12.0 Å². The Morgan fingerprint density at radius 1 is 1.04 bits per heavy atom. The molecular formula is C21H23NO3. The first-order chi connectivity index (χ1) is 12.2. The fourth-order valence-corrected chi connectivity index (χ4v) is 3.21. The zero-order valence-corrected chi connectivity index (χ0v) is 14.4. The molecule has 0 bridgehead atoms. The molecule has 2 aromatic carbocycles. The number of piperidine rings is 1. The number of nitrogens with one attached hydrogen (secondary N) is 1. The number of hydrogen-bond donors (Lipinski definition) is 1. The van der Waals surface area contributed by atoms with Crippen LogP contribution in [0, 0.1) is 0 Å². The molecule has 130 valence electrons. The van der Waals surface area contributed by atoms with Crippen molar-refractivity contribution in [3.63, 3.8) is 0 Å². The minimum absolute atomic E-state index is 0.336. The van der Waals surface area contributed by atoms with E-state index in [2.05, 4.69) is 5.32 Å². The van der Waals surface area contributed by atoms with E-state index in [1.54, 1.807) is 13.2 Å². The van der Waals surface area contributed by atoms with Gasteiger partial charge in [-0.25, -0.2) is 4.79 Å². The van der Waals surface area contributed by atoms with Crippen LogP contribution in [0.4, 0.5) is 0 Å². The van der Waals surface area contributed by atoms with Gasteiger partial charge in [0.15, 0.2) is 0 Å². The molecule has 1 aliphatic heterocycles. The Balaban J connectivity index is 1.78. The Morgan fingerprint density at radius 3 is 2.44 bits per heavy atom. The van der Waals surface area contributed by atoms with Crippen LogP contribution >= 0.6 is 0 Å². The van der Waals surface area contributed by atoms with Gasteiger partial charge in [-0.15, -0.1) is 0 Å². The lowest BCUT2D eigenvalue weighted by molar-refractivity contribution is -0.157. The highest BCUT2D eigenvalue weighted by molar-refractivity contribution is 5.88. The van der Waals surface area contributed by atoms with E-state index in [-0.39, 0.29) is 5.97 Å². The van der Waals surface area contributed by atoms with E-state index in [1.165, 1.54) is 6.08 Å². The number of methoxy groups -OCH3 is 1. The van der Waals surface area contributed by atoms with E-state index in [4.69, 9.17) is 9.47 Å². The summed E-state index contributed by atoms with van der Waals surface area (Å²) in [5.74, 6) is 0.392. The van der Waals surface area contributed by atoms with Crippen LogP contribution in [0.15, 0.2) is 60.7 Å². The van der Waals surface area contributed by atoms with E-state index in [1.807, 2.05) is 54.6 Å². The summed E-state index contributed by atoms with van der Waals surface area (Å²) in [6.45, 7) is 1.66. The van der Waals surface area contributed by atoms with E-state index >= 15 is 0 Å². The highest BCUT2D eigenvalue weighted by Gasteiger charge is 2.37. The van der Waals surface area contributed by atoms with Gasteiger partial charge in [0.25, 0.3) is 0 Å². The average molecular weight is 337 g/mol. The van der Waals surface area contributed by atoms with Gasteiger partial charge in [0, 0.05) is 24.5 Å². The summed E-state index contributed by atoms with van der Waals surface area (Å²) in [5, 5.41) is 3.33. The lowest BCUT2D eigenvalue weighted by Gasteiger charge is -2.37. The number of benzene rings is 2. The number of esters is 1. The Labute approximate surface area is 148 Å². The molecule has 1 heterocycles. The standard InChI is InChI=1S/C21H23NO3/c1-24-19-10-6-5-7-17(19)11-12-20(23)25-21(13-15-22-16-14-21)18-8-3-2-4-9-18/h2-12,22H,13-16H2,1H3/b12-11-. The average Bonchev–Trinajstić information content (AvgIpc) is 2.68. The van der Waals surface area contributed by atoms with Gasteiger partial charge in [0.1, 0.15) is 11.4 Å². The molecule has 4 nitrogen and oxygen atoms in total. The minimum Gasteiger partial charge on any atom is -0.496 e. The fraction of sp³-hybridized carbons (Fsp3) is 0.286. The lowest BCUT2D eigenvalue weighted by Crippen LogP contribution is -2.42. The molecule has 1 fully saturated rings. The van der Waals surface area contributed by atoms with Crippen molar-refractivity contribution in [1.82, 2.24) is 5.32 Å². The van der Waals surface area contributed by atoms with Gasteiger partial charge in [-0.05, 0) is 30.8 Å². The van der Waals surface area contributed by atoms with Crippen molar-refractivity contribution in [3.8, 4) is 5.75 Å². The first-order valence-electron chi connectivity index (χ1n) is 8.54. The maximum absolute atomic E-state index is 12.5. The van der Waals surface area contributed by atoms with Crippen molar-refractivity contribution < 1.29 is 14.3 Å². The number of ether oxygens (including phenoxy) is 2. The number of carbonyl (C=O) groups is 1. The third kappa shape index (κ3) is 4.09. The van der Waals surface area contributed by atoms with Crippen molar-refractivity contribution in [2.45, 2.75) is 18.4 Å². The van der Waals surface area contributed by atoms with Crippen LogP contribution in [0.2, 0.25) is 0 Å². The quantitative estimate of drug-likeness (QED) is 0.670. The Hall–Kier alpha value is -2.59. The third-order valence-electron chi connectivity index (χ3n) is 4.54. The topological polar surface area (TPSA) is 47.6 Å². The van der Waals surface area contributed by atoms with Gasteiger partial charge in [0.05, 0.1) is 7.11 Å². The molecule has 0 aliphatic carbocycles. The van der Waals surface area contributed by atoms with E-state index in [0.717, 1.165) is 42.8 Å². The van der Waals surface area contributed by atoms with E-state index in [0.29, 0.717) is 0 Å². The van der Waals surface area contributed by atoms with Gasteiger partial charge in [-0.2, -0.15) is 0 Å².